The van der Waals surface area contributed by atoms with Gasteiger partial charge in [-0.3, -0.25) is 4.79 Å². The highest BCUT2D eigenvalue weighted by Gasteiger charge is 2.30. The van der Waals surface area contributed by atoms with Gasteiger partial charge in [0.25, 0.3) is 0 Å². The van der Waals surface area contributed by atoms with Crippen molar-refractivity contribution in [1.29, 1.82) is 0 Å². The molecule has 0 atom stereocenters. The van der Waals surface area contributed by atoms with E-state index >= 15 is 0 Å². The van der Waals surface area contributed by atoms with Gasteiger partial charge in [0, 0.05) is 30.4 Å². The molecule has 7 heteroatoms. The lowest BCUT2D eigenvalue weighted by Gasteiger charge is -2.33. The lowest BCUT2D eigenvalue weighted by atomic mass is 9.87. The van der Waals surface area contributed by atoms with Gasteiger partial charge in [-0.2, -0.15) is 0 Å². The predicted octanol–water partition coefficient (Wildman–Crippen LogP) is 4.39. The van der Waals surface area contributed by atoms with Crippen molar-refractivity contribution in [3.8, 4) is 0 Å². The number of aromatic nitrogens is 3. The second-order valence-corrected chi connectivity index (χ2v) is 9.94. The molecule has 146 valence electrons. The molecule has 0 bridgehead atoms. The van der Waals surface area contributed by atoms with Gasteiger partial charge in [0.2, 0.25) is 5.91 Å². The van der Waals surface area contributed by atoms with E-state index in [1.807, 2.05) is 11.9 Å². The van der Waals surface area contributed by atoms with Crippen LogP contribution in [0.2, 0.25) is 0 Å². The zero-order chi connectivity index (χ0) is 18.8. The van der Waals surface area contributed by atoms with Gasteiger partial charge in [-0.05, 0) is 55.9 Å². The van der Waals surface area contributed by atoms with Crippen LogP contribution < -0.4 is 0 Å². The van der Waals surface area contributed by atoms with Crippen LogP contribution >= 0.6 is 23.1 Å². The normalized spacial score (nSPS) is 22.7. The first-order valence-electron chi connectivity index (χ1n) is 9.96. The van der Waals surface area contributed by atoms with Crippen molar-refractivity contribution < 1.29 is 4.79 Å². The van der Waals surface area contributed by atoms with Gasteiger partial charge in [-0.15, -0.1) is 21.5 Å². The molecule has 0 aromatic carbocycles. The number of amides is 1. The summed E-state index contributed by atoms with van der Waals surface area (Å²) in [5.41, 5.74) is 0. The number of hydrogen-bond donors (Lipinski definition) is 0. The minimum atomic E-state index is 0.213. The first-order valence-corrected chi connectivity index (χ1v) is 11.8. The molecule has 2 fully saturated rings. The number of thiophene rings is 1. The number of hydrogen-bond acceptors (Lipinski definition) is 5. The molecule has 2 heterocycles. The number of thioether (sulfide) groups is 1. The average Bonchev–Trinajstić information content (AvgIpc) is 3.22. The van der Waals surface area contributed by atoms with E-state index in [0.29, 0.717) is 17.8 Å². The maximum absolute atomic E-state index is 12.7. The smallest absolute Gasteiger partial charge is 0.233 e. The quantitative estimate of drug-likeness (QED) is 0.642. The Morgan fingerprint density at radius 2 is 2.04 bits per heavy atom. The Hall–Kier alpha value is -1.34. The summed E-state index contributed by atoms with van der Waals surface area (Å²) in [4.78, 5) is 16.0. The topological polar surface area (TPSA) is 51.0 Å². The van der Waals surface area contributed by atoms with Gasteiger partial charge < -0.3 is 9.47 Å². The van der Waals surface area contributed by atoms with Crippen molar-refractivity contribution in [2.75, 3.05) is 12.8 Å². The molecule has 27 heavy (non-hydrogen) atoms. The summed E-state index contributed by atoms with van der Waals surface area (Å²) < 4.78 is 2.28. The Morgan fingerprint density at radius 1 is 1.26 bits per heavy atom. The fourth-order valence-corrected chi connectivity index (χ4v) is 5.51. The van der Waals surface area contributed by atoms with Gasteiger partial charge in [-0.1, -0.05) is 24.8 Å². The zero-order valence-electron chi connectivity index (χ0n) is 16.1. The first kappa shape index (κ1) is 19.0. The Kier molecular flexibility index (Phi) is 5.88. The van der Waals surface area contributed by atoms with Crippen LogP contribution in [0.3, 0.4) is 0 Å². The number of nitrogens with zero attached hydrogens (tertiary/aromatic N) is 4. The summed E-state index contributed by atoms with van der Waals surface area (Å²) in [5.74, 6) is 2.50. The van der Waals surface area contributed by atoms with E-state index in [1.165, 1.54) is 30.6 Å². The average molecular weight is 405 g/mol. The second kappa shape index (κ2) is 8.35. The van der Waals surface area contributed by atoms with E-state index in [1.54, 1.807) is 23.1 Å². The molecule has 4 rings (SSSR count). The van der Waals surface area contributed by atoms with Crippen LogP contribution in [0.25, 0.3) is 0 Å². The molecule has 5 nitrogen and oxygen atoms in total. The van der Waals surface area contributed by atoms with Crippen LogP contribution in [0.5, 0.6) is 0 Å². The summed E-state index contributed by atoms with van der Waals surface area (Å²) in [6, 6.07) is 5.15. The SMILES string of the molecule is CC1CCC(N(C)C(=O)CSc2nnc(Cc3cccs3)n2C2CC2)CC1. The molecule has 0 aliphatic heterocycles. The molecule has 2 aromatic rings. The largest absolute Gasteiger partial charge is 0.342 e. The van der Waals surface area contributed by atoms with Crippen molar-refractivity contribution in [1.82, 2.24) is 19.7 Å². The molecular weight excluding hydrogens is 376 g/mol. The molecule has 0 N–H and O–H groups in total. The fraction of sp³-hybridized carbons (Fsp3) is 0.650. The van der Waals surface area contributed by atoms with Gasteiger partial charge >= 0.3 is 0 Å². The Balaban J connectivity index is 1.38. The van der Waals surface area contributed by atoms with Crippen molar-refractivity contribution in [2.45, 2.75) is 69.1 Å². The third kappa shape index (κ3) is 4.57. The molecule has 2 aliphatic rings. The minimum absolute atomic E-state index is 0.213. The van der Waals surface area contributed by atoms with Crippen LogP contribution in [0.1, 0.15) is 62.2 Å². The predicted molar refractivity (Wildman–Crippen MR) is 110 cm³/mol. The lowest BCUT2D eigenvalue weighted by Crippen LogP contribution is -2.40. The van der Waals surface area contributed by atoms with Crippen LogP contribution in [0.4, 0.5) is 0 Å². The van der Waals surface area contributed by atoms with Crippen molar-refractivity contribution in [3.05, 3.63) is 28.2 Å². The number of carbonyl (C=O) groups is 1. The van der Waals surface area contributed by atoms with Crippen molar-refractivity contribution >= 4 is 29.0 Å². The van der Waals surface area contributed by atoms with E-state index in [2.05, 4.69) is 39.2 Å². The zero-order valence-corrected chi connectivity index (χ0v) is 17.8. The van der Waals surface area contributed by atoms with Crippen LogP contribution in [0.15, 0.2) is 22.7 Å². The Bertz CT molecular complexity index is 761. The van der Waals surface area contributed by atoms with E-state index in [9.17, 15) is 4.79 Å². The highest BCUT2D eigenvalue weighted by Crippen LogP contribution is 2.39. The molecule has 0 spiro atoms. The van der Waals surface area contributed by atoms with Gasteiger partial charge in [-0.25, -0.2) is 0 Å². The highest BCUT2D eigenvalue weighted by molar-refractivity contribution is 7.99. The summed E-state index contributed by atoms with van der Waals surface area (Å²) in [6.07, 6.45) is 7.95. The minimum Gasteiger partial charge on any atom is -0.342 e. The summed E-state index contributed by atoms with van der Waals surface area (Å²) >= 11 is 3.31. The summed E-state index contributed by atoms with van der Waals surface area (Å²) in [7, 11) is 1.97. The summed E-state index contributed by atoms with van der Waals surface area (Å²) in [5, 5.41) is 11.9. The lowest BCUT2D eigenvalue weighted by molar-refractivity contribution is -0.129. The van der Waals surface area contributed by atoms with E-state index in [4.69, 9.17) is 0 Å². The van der Waals surface area contributed by atoms with Gasteiger partial charge in [0.1, 0.15) is 5.82 Å². The number of rotatable bonds is 7. The third-order valence-electron chi connectivity index (χ3n) is 5.81. The second-order valence-electron chi connectivity index (χ2n) is 7.96. The Morgan fingerprint density at radius 3 is 2.70 bits per heavy atom. The van der Waals surface area contributed by atoms with E-state index in [-0.39, 0.29) is 5.91 Å². The maximum atomic E-state index is 12.7. The molecule has 1 amide bonds. The van der Waals surface area contributed by atoms with Crippen LogP contribution in [-0.2, 0) is 11.2 Å². The highest BCUT2D eigenvalue weighted by atomic mass is 32.2. The fourth-order valence-electron chi connectivity index (χ4n) is 3.86. The van der Waals surface area contributed by atoms with Gasteiger partial charge in [0.05, 0.1) is 5.75 Å². The van der Waals surface area contributed by atoms with Gasteiger partial charge in [0.15, 0.2) is 5.16 Å². The van der Waals surface area contributed by atoms with E-state index < -0.39 is 0 Å². The molecule has 2 aromatic heterocycles. The van der Waals surface area contributed by atoms with E-state index in [0.717, 1.165) is 36.2 Å². The summed E-state index contributed by atoms with van der Waals surface area (Å²) in [6.45, 7) is 2.31. The molecule has 0 radical (unpaired) electrons. The monoisotopic (exact) mass is 404 g/mol. The number of carbonyl (C=O) groups excluding carboxylic acids is 1. The first-order chi connectivity index (χ1) is 13.1. The Labute approximate surface area is 169 Å². The third-order valence-corrected chi connectivity index (χ3v) is 7.62. The van der Waals surface area contributed by atoms with Crippen molar-refractivity contribution in [2.24, 2.45) is 5.92 Å². The standard InChI is InChI=1S/C20H28N4OS2/c1-14-5-7-15(8-6-14)23(2)19(25)13-27-20-22-21-18(24(20)16-9-10-16)12-17-4-3-11-26-17/h3-4,11,14-16H,5-10,12-13H2,1-2H3. The van der Waals surface area contributed by atoms with Crippen LogP contribution in [0, 0.1) is 5.92 Å². The van der Waals surface area contributed by atoms with Crippen molar-refractivity contribution in [3.63, 3.8) is 0 Å². The molecule has 0 saturated heterocycles. The molecule has 0 unspecified atom stereocenters. The molecular formula is C20H28N4OS2. The van der Waals surface area contributed by atoms with Crippen LogP contribution in [-0.4, -0.2) is 44.4 Å². The maximum Gasteiger partial charge on any atom is 0.233 e. The molecule has 2 aliphatic carbocycles. The molecule has 2 saturated carbocycles.